The van der Waals surface area contributed by atoms with Crippen molar-refractivity contribution in [1.29, 1.82) is 0 Å². The topological polar surface area (TPSA) is 94.8 Å². The number of hydrogen-bond donors (Lipinski definition) is 2. The lowest BCUT2D eigenvalue weighted by Gasteiger charge is -2.02. The molecule has 1 saturated carbocycles. The number of amides is 1. The maximum Gasteiger partial charge on any atom is 0.337 e. The van der Waals surface area contributed by atoms with Crippen LogP contribution in [0.4, 0.5) is 5.69 Å². The summed E-state index contributed by atoms with van der Waals surface area (Å²) in [6.45, 7) is 2.17. The number of carbonyl (C=O) groups is 1. The second-order valence-electron chi connectivity index (χ2n) is 5.61. The predicted molar refractivity (Wildman–Crippen MR) is 92.7 cm³/mol. The highest BCUT2D eigenvalue weighted by Gasteiger charge is 2.36. The van der Waals surface area contributed by atoms with E-state index >= 15 is 0 Å². The molecule has 0 aromatic carbocycles. The van der Waals surface area contributed by atoms with Gasteiger partial charge in [0, 0.05) is 5.92 Å². The number of pyridine rings is 1. The number of H-pyrrole nitrogens is 1. The van der Waals surface area contributed by atoms with Crippen molar-refractivity contribution in [1.82, 2.24) is 5.43 Å². The third-order valence-corrected chi connectivity index (χ3v) is 4.99. The summed E-state index contributed by atoms with van der Waals surface area (Å²) in [7, 11) is 0. The van der Waals surface area contributed by atoms with E-state index in [0.717, 1.165) is 12.2 Å². The average molecular weight is 389 g/mol. The Morgan fingerprint density at radius 3 is 2.79 bits per heavy atom. The number of anilines is 1. The zero-order valence-electron chi connectivity index (χ0n) is 12.6. The number of aromatic amines is 1. The van der Waals surface area contributed by atoms with Gasteiger partial charge in [-0.1, -0.05) is 30.1 Å². The Morgan fingerprint density at radius 2 is 2.12 bits per heavy atom. The number of nitrogens with one attached hydrogen (secondary N) is 2. The Kier molecular flexibility index (Phi) is 4.71. The summed E-state index contributed by atoms with van der Waals surface area (Å²) in [6.07, 6.45) is 2.54. The largest absolute Gasteiger partial charge is 0.460 e. The predicted octanol–water partition coefficient (Wildman–Crippen LogP) is 3.52. The minimum Gasteiger partial charge on any atom is -0.460 e. The molecule has 1 fully saturated rings. The lowest BCUT2D eigenvalue weighted by Crippen LogP contribution is -2.28. The van der Waals surface area contributed by atoms with Crippen molar-refractivity contribution in [2.45, 2.75) is 19.3 Å². The maximum absolute atomic E-state index is 12.1. The molecule has 0 bridgehead atoms. The number of hydrogen-bond acceptors (Lipinski definition) is 4. The van der Waals surface area contributed by atoms with Crippen LogP contribution in [0.1, 0.15) is 41.3 Å². The van der Waals surface area contributed by atoms with E-state index in [1.807, 2.05) is 6.07 Å². The van der Waals surface area contributed by atoms with Crippen molar-refractivity contribution in [2.75, 3.05) is 5.73 Å². The van der Waals surface area contributed by atoms with Gasteiger partial charge in [0.2, 0.25) is 0 Å². The van der Waals surface area contributed by atoms with E-state index in [9.17, 15) is 4.79 Å². The second kappa shape index (κ2) is 6.63. The monoisotopic (exact) mass is 387 g/mol. The van der Waals surface area contributed by atoms with Crippen LogP contribution in [0.15, 0.2) is 21.7 Å². The summed E-state index contributed by atoms with van der Waals surface area (Å²) in [5.41, 5.74) is 7.99. The highest BCUT2D eigenvalue weighted by atomic mass is 35.5. The zero-order valence-corrected chi connectivity index (χ0v) is 14.8. The van der Waals surface area contributed by atoms with Gasteiger partial charge in [-0.15, -0.1) is 0 Å². The molecule has 3 rings (SSSR count). The van der Waals surface area contributed by atoms with Crippen LogP contribution in [0.2, 0.25) is 15.2 Å². The van der Waals surface area contributed by atoms with Crippen molar-refractivity contribution in [3.63, 3.8) is 0 Å². The third kappa shape index (κ3) is 3.36. The van der Waals surface area contributed by atoms with Crippen LogP contribution in [-0.4, -0.2) is 12.1 Å². The molecule has 6 nitrogen and oxygen atoms in total. The molecule has 9 heteroatoms. The molecule has 126 valence electrons. The minimum absolute atomic E-state index is 0.0157. The van der Waals surface area contributed by atoms with E-state index in [1.165, 1.54) is 6.21 Å². The van der Waals surface area contributed by atoms with Gasteiger partial charge in [-0.25, -0.2) is 5.43 Å². The van der Waals surface area contributed by atoms with E-state index < -0.39 is 5.91 Å². The lowest BCUT2D eigenvalue weighted by molar-refractivity contribution is -0.379. The fraction of sp³-hybridized carbons (Fsp3) is 0.267. The first-order chi connectivity index (χ1) is 11.4. The van der Waals surface area contributed by atoms with Crippen molar-refractivity contribution in [3.05, 3.63) is 44.5 Å². The SMILES string of the molecule is C[C@@H]1C[C@H]1c1ccc(/C=N/NC(=O)c2[nH+]c(Cl)c(Cl)c(N)c2Cl)o1. The molecule has 0 spiro atoms. The summed E-state index contributed by atoms with van der Waals surface area (Å²) < 4.78 is 5.65. The van der Waals surface area contributed by atoms with Crippen molar-refractivity contribution in [2.24, 2.45) is 11.0 Å². The van der Waals surface area contributed by atoms with Gasteiger partial charge in [0.05, 0.1) is 11.9 Å². The number of carbonyl (C=O) groups excluding carboxylic acids is 1. The Morgan fingerprint density at radius 1 is 1.42 bits per heavy atom. The van der Waals surface area contributed by atoms with E-state index in [2.05, 4.69) is 22.4 Å². The van der Waals surface area contributed by atoms with Gasteiger partial charge in [-0.3, -0.25) is 4.79 Å². The number of hydrazone groups is 1. The van der Waals surface area contributed by atoms with Crippen molar-refractivity contribution >= 4 is 52.6 Å². The molecule has 2 atom stereocenters. The molecule has 0 aliphatic heterocycles. The van der Waals surface area contributed by atoms with Crippen molar-refractivity contribution < 1.29 is 14.2 Å². The van der Waals surface area contributed by atoms with Gasteiger partial charge in [-0.05, 0) is 36.1 Å². The Labute approximate surface area is 153 Å². The van der Waals surface area contributed by atoms with Crippen LogP contribution in [0, 0.1) is 5.92 Å². The molecule has 24 heavy (non-hydrogen) atoms. The molecule has 1 aliphatic carbocycles. The van der Waals surface area contributed by atoms with E-state index in [0.29, 0.717) is 17.6 Å². The molecule has 2 heterocycles. The zero-order chi connectivity index (χ0) is 17.4. The Balaban J connectivity index is 1.68. The summed E-state index contributed by atoms with van der Waals surface area (Å²) >= 11 is 17.7. The first-order valence-electron chi connectivity index (χ1n) is 7.17. The molecular formula is C15H14Cl3N4O2+. The second-order valence-corrected chi connectivity index (χ2v) is 6.75. The highest BCUT2D eigenvalue weighted by molar-refractivity contribution is 6.45. The fourth-order valence-electron chi connectivity index (χ4n) is 2.29. The van der Waals surface area contributed by atoms with Crippen LogP contribution < -0.4 is 16.1 Å². The van der Waals surface area contributed by atoms with Crippen LogP contribution in [0.5, 0.6) is 0 Å². The number of nitrogens with zero attached hydrogens (tertiary/aromatic N) is 1. The smallest absolute Gasteiger partial charge is 0.337 e. The van der Waals surface area contributed by atoms with Gasteiger partial charge >= 0.3 is 5.91 Å². The van der Waals surface area contributed by atoms with Crippen LogP contribution in [0.3, 0.4) is 0 Å². The van der Waals surface area contributed by atoms with Gasteiger partial charge in [0.25, 0.3) is 10.8 Å². The number of furan rings is 1. The normalized spacial score (nSPS) is 19.7. The molecule has 1 aliphatic rings. The number of nitrogens with two attached hydrogens (primary N) is 1. The average Bonchev–Trinajstić information content (AvgIpc) is 3.09. The highest BCUT2D eigenvalue weighted by Crippen LogP contribution is 2.47. The van der Waals surface area contributed by atoms with Crippen LogP contribution in [0.25, 0.3) is 0 Å². The Bertz CT molecular complexity index is 834. The molecule has 0 unspecified atom stereocenters. The molecule has 0 radical (unpaired) electrons. The number of rotatable bonds is 4. The first kappa shape index (κ1) is 17.1. The molecule has 1 amide bonds. The van der Waals surface area contributed by atoms with Crippen LogP contribution in [-0.2, 0) is 0 Å². The van der Waals surface area contributed by atoms with Gasteiger partial charge < -0.3 is 10.2 Å². The number of aromatic nitrogens is 1. The van der Waals surface area contributed by atoms with Gasteiger partial charge in [-0.2, -0.15) is 10.1 Å². The Hall–Kier alpha value is -1.76. The standard InChI is InChI=1S/C15H13Cl3N4O2/c1-6-4-8(6)9-3-2-7(24-9)5-20-22-15(23)13-10(16)12(19)11(17)14(18)21-13/h2-3,5-6,8H,4H2,1H3,(H2,19,21)(H,22,23)/p+1/b20-5+/t6-,8-/m1/s1. The number of halogens is 3. The quantitative estimate of drug-likeness (QED) is 0.476. The van der Waals surface area contributed by atoms with E-state index in [-0.39, 0.29) is 26.6 Å². The molecule has 2 aromatic heterocycles. The summed E-state index contributed by atoms with van der Waals surface area (Å²) in [5.74, 6) is 2.01. The molecular weight excluding hydrogens is 375 g/mol. The number of nitrogen functional groups attached to an aromatic ring is 1. The van der Waals surface area contributed by atoms with E-state index in [1.54, 1.807) is 6.07 Å². The third-order valence-electron chi connectivity index (χ3n) is 3.83. The van der Waals surface area contributed by atoms with Crippen molar-refractivity contribution in [3.8, 4) is 0 Å². The summed E-state index contributed by atoms with van der Waals surface area (Å²) in [6, 6.07) is 3.72. The molecule has 2 aromatic rings. The fourth-order valence-corrected chi connectivity index (χ4v) is 2.91. The van der Waals surface area contributed by atoms with Gasteiger partial charge in [0.15, 0.2) is 0 Å². The minimum atomic E-state index is -0.607. The van der Waals surface area contributed by atoms with Crippen LogP contribution >= 0.6 is 34.8 Å². The van der Waals surface area contributed by atoms with E-state index in [4.69, 9.17) is 45.0 Å². The summed E-state index contributed by atoms with van der Waals surface area (Å²) in [5, 5.41) is 3.88. The lowest BCUT2D eigenvalue weighted by atomic mass is 10.3. The first-order valence-corrected chi connectivity index (χ1v) is 8.30. The molecule has 0 saturated heterocycles. The maximum atomic E-state index is 12.1. The molecule has 4 N–H and O–H groups in total. The van der Waals surface area contributed by atoms with Gasteiger partial charge in [0.1, 0.15) is 21.6 Å². The summed E-state index contributed by atoms with van der Waals surface area (Å²) in [4.78, 5) is 14.7.